The van der Waals surface area contributed by atoms with Gasteiger partial charge in [-0.25, -0.2) is 5.43 Å². The predicted molar refractivity (Wildman–Crippen MR) is 77.9 cm³/mol. The molecule has 2 rings (SSSR count). The van der Waals surface area contributed by atoms with Crippen molar-refractivity contribution in [3.05, 3.63) is 63.7 Å². The van der Waals surface area contributed by atoms with Gasteiger partial charge in [-0.1, -0.05) is 0 Å². The van der Waals surface area contributed by atoms with E-state index in [1.807, 2.05) is 0 Å². The van der Waals surface area contributed by atoms with Gasteiger partial charge in [0.05, 0.1) is 11.1 Å². The average molecular weight is 301 g/mol. The molecule has 3 N–H and O–H groups in total. The third-order valence-corrected chi connectivity index (χ3v) is 2.72. The van der Waals surface area contributed by atoms with Gasteiger partial charge in [-0.15, -0.1) is 0 Å². The first kappa shape index (κ1) is 15.0. The quantitative estimate of drug-likeness (QED) is 0.343. The van der Waals surface area contributed by atoms with E-state index < -0.39 is 10.8 Å². The standard InChI is InChI=1S/C14H11N3O5/c18-12-6-1-9(7-13(12)19)8-15-16-14(20)10-2-4-11(5-3-10)17(21)22/h1-8,18-19H,(H,16,20)/b15-8-. The Hall–Kier alpha value is -3.42. The van der Waals surface area contributed by atoms with Gasteiger partial charge in [0.1, 0.15) is 0 Å². The van der Waals surface area contributed by atoms with E-state index in [9.17, 15) is 20.0 Å². The van der Waals surface area contributed by atoms with E-state index in [-0.39, 0.29) is 22.7 Å². The van der Waals surface area contributed by atoms with Crippen molar-refractivity contribution in [2.24, 2.45) is 5.10 Å². The maximum atomic E-state index is 11.8. The van der Waals surface area contributed by atoms with E-state index in [1.165, 1.54) is 48.7 Å². The van der Waals surface area contributed by atoms with Crippen LogP contribution in [0.25, 0.3) is 0 Å². The summed E-state index contributed by atoms with van der Waals surface area (Å²) in [7, 11) is 0. The van der Waals surface area contributed by atoms with Crippen LogP contribution in [0.15, 0.2) is 47.6 Å². The van der Waals surface area contributed by atoms with Gasteiger partial charge in [0.2, 0.25) is 0 Å². The van der Waals surface area contributed by atoms with Crippen molar-refractivity contribution in [2.75, 3.05) is 0 Å². The fraction of sp³-hybridized carbons (Fsp3) is 0. The lowest BCUT2D eigenvalue weighted by Crippen LogP contribution is -2.17. The van der Waals surface area contributed by atoms with Crippen LogP contribution in [0.4, 0.5) is 5.69 Å². The SMILES string of the molecule is O=C(N/N=C\c1ccc(O)c(O)c1)c1ccc([N+](=O)[O-])cc1. The van der Waals surface area contributed by atoms with Crippen molar-refractivity contribution in [2.45, 2.75) is 0 Å². The Kier molecular flexibility index (Phi) is 4.33. The van der Waals surface area contributed by atoms with Crippen LogP contribution < -0.4 is 5.43 Å². The first-order valence-corrected chi connectivity index (χ1v) is 6.07. The van der Waals surface area contributed by atoms with E-state index in [4.69, 9.17) is 5.11 Å². The molecule has 0 atom stereocenters. The molecule has 0 aliphatic heterocycles. The van der Waals surface area contributed by atoms with Gasteiger partial charge in [0, 0.05) is 17.7 Å². The van der Waals surface area contributed by atoms with Crippen LogP contribution in [0.2, 0.25) is 0 Å². The molecule has 2 aromatic rings. The van der Waals surface area contributed by atoms with E-state index in [1.54, 1.807) is 0 Å². The van der Waals surface area contributed by atoms with Crippen LogP contribution in [0.3, 0.4) is 0 Å². The zero-order valence-corrected chi connectivity index (χ0v) is 11.1. The summed E-state index contributed by atoms with van der Waals surface area (Å²) in [5, 5.41) is 32.7. The molecule has 0 unspecified atom stereocenters. The Labute approximate surface area is 124 Å². The summed E-state index contributed by atoms with van der Waals surface area (Å²) in [5.74, 6) is -1.09. The number of amides is 1. The molecule has 0 fully saturated rings. The molecule has 22 heavy (non-hydrogen) atoms. The van der Waals surface area contributed by atoms with Gasteiger partial charge < -0.3 is 10.2 Å². The smallest absolute Gasteiger partial charge is 0.271 e. The summed E-state index contributed by atoms with van der Waals surface area (Å²) in [5.41, 5.74) is 2.83. The summed E-state index contributed by atoms with van der Waals surface area (Å²) in [4.78, 5) is 21.7. The van der Waals surface area contributed by atoms with Crippen molar-refractivity contribution in [3.8, 4) is 11.5 Å². The third kappa shape index (κ3) is 3.57. The van der Waals surface area contributed by atoms with Crippen LogP contribution in [0.1, 0.15) is 15.9 Å². The van der Waals surface area contributed by atoms with Gasteiger partial charge >= 0.3 is 0 Å². The molecule has 0 heterocycles. The first-order valence-electron chi connectivity index (χ1n) is 6.07. The molecule has 0 bridgehead atoms. The highest BCUT2D eigenvalue weighted by atomic mass is 16.6. The number of nitro benzene ring substituents is 1. The van der Waals surface area contributed by atoms with Crippen LogP contribution in [-0.4, -0.2) is 27.3 Å². The normalized spacial score (nSPS) is 10.5. The summed E-state index contributed by atoms with van der Waals surface area (Å²) in [6, 6.07) is 9.13. The molecular weight excluding hydrogens is 290 g/mol. The number of nitrogens with zero attached hydrogens (tertiary/aromatic N) is 2. The fourth-order valence-corrected chi connectivity index (χ4v) is 1.59. The number of phenolic OH excluding ortho intramolecular Hbond substituents is 2. The third-order valence-electron chi connectivity index (χ3n) is 2.72. The van der Waals surface area contributed by atoms with Gasteiger partial charge in [-0.2, -0.15) is 5.10 Å². The second-order valence-corrected chi connectivity index (χ2v) is 4.25. The van der Waals surface area contributed by atoms with Gasteiger partial charge in [-0.3, -0.25) is 14.9 Å². The molecule has 0 radical (unpaired) electrons. The monoisotopic (exact) mass is 301 g/mol. The van der Waals surface area contributed by atoms with Crippen molar-refractivity contribution < 1.29 is 19.9 Å². The van der Waals surface area contributed by atoms with E-state index in [0.717, 1.165) is 0 Å². The van der Waals surface area contributed by atoms with E-state index >= 15 is 0 Å². The molecule has 0 saturated carbocycles. The first-order chi connectivity index (χ1) is 10.5. The number of hydrogen-bond acceptors (Lipinski definition) is 6. The highest BCUT2D eigenvalue weighted by molar-refractivity contribution is 5.95. The van der Waals surface area contributed by atoms with E-state index in [2.05, 4.69) is 10.5 Å². The number of carbonyl (C=O) groups is 1. The number of benzene rings is 2. The molecule has 0 aliphatic carbocycles. The lowest BCUT2D eigenvalue weighted by Gasteiger charge is -2.00. The highest BCUT2D eigenvalue weighted by Gasteiger charge is 2.08. The number of aromatic hydroxyl groups is 2. The Bertz CT molecular complexity index is 741. The van der Waals surface area contributed by atoms with E-state index in [0.29, 0.717) is 5.56 Å². The maximum absolute atomic E-state index is 11.8. The fourth-order valence-electron chi connectivity index (χ4n) is 1.59. The Balaban J connectivity index is 2.01. The zero-order chi connectivity index (χ0) is 16.1. The Morgan fingerprint density at radius 1 is 1.14 bits per heavy atom. The maximum Gasteiger partial charge on any atom is 0.271 e. The second-order valence-electron chi connectivity index (χ2n) is 4.25. The number of hydrazone groups is 1. The molecule has 112 valence electrons. The summed E-state index contributed by atoms with van der Waals surface area (Å²) >= 11 is 0. The number of nitrogens with one attached hydrogen (secondary N) is 1. The second kappa shape index (κ2) is 6.35. The van der Waals surface area contributed by atoms with Crippen LogP contribution in [0.5, 0.6) is 11.5 Å². The number of rotatable bonds is 4. The zero-order valence-electron chi connectivity index (χ0n) is 11.1. The van der Waals surface area contributed by atoms with Crippen molar-refractivity contribution in [3.63, 3.8) is 0 Å². The molecule has 0 aromatic heterocycles. The van der Waals surface area contributed by atoms with Crippen LogP contribution in [-0.2, 0) is 0 Å². The molecule has 8 heteroatoms. The topological polar surface area (TPSA) is 125 Å². The number of nitro groups is 1. The molecule has 1 amide bonds. The number of non-ortho nitro benzene ring substituents is 1. The minimum atomic E-state index is -0.558. The van der Waals surface area contributed by atoms with Crippen molar-refractivity contribution in [1.82, 2.24) is 5.43 Å². The van der Waals surface area contributed by atoms with Crippen LogP contribution in [0, 0.1) is 10.1 Å². The molecule has 8 nitrogen and oxygen atoms in total. The van der Waals surface area contributed by atoms with Crippen LogP contribution >= 0.6 is 0 Å². The molecule has 2 aromatic carbocycles. The lowest BCUT2D eigenvalue weighted by molar-refractivity contribution is -0.384. The molecule has 0 aliphatic rings. The van der Waals surface area contributed by atoms with Crippen molar-refractivity contribution >= 4 is 17.8 Å². The van der Waals surface area contributed by atoms with Gasteiger partial charge in [0.25, 0.3) is 11.6 Å². The summed E-state index contributed by atoms with van der Waals surface area (Å²) in [6.07, 6.45) is 1.28. The number of carbonyl (C=O) groups excluding carboxylic acids is 1. The van der Waals surface area contributed by atoms with Gasteiger partial charge in [-0.05, 0) is 35.9 Å². The lowest BCUT2D eigenvalue weighted by atomic mass is 10.2. The summed E-state index contributed by atoms with van der Waals surface area (Å²) in [6.45, 7) is 0. The minimum absolute atomic E-state index is 0.111. The highest BCUT2D eigenvalue weighted by Crippen LogP contribution is 2.23. The van der Waals surface area contributed by atoms with Crippen molar-refractivity contribution in [1.29, 1.82) is 0 Å². The number of hydrogen-bond donors (Lipinski definition) is 3. The van der Waals surface area contributed by atoms with Gasteiger partial charge in [0.15, 0.2) is 11.5 Å². The average Bonchev–Trinajstić information content (AvgIpc) is 2.51. The summed E-state index contributed by atoms with van der Waals surface area (Å²) < 4.78 is 0. The minimum Gasteiger partial charge on any atom is -0.504 e. The molecule has 0 spiro atoms. The largest absolute Gasteiger partial charge is 0.504 e. The Morgan fingerprint density at radius 3 is 2.41 bits per heavy atom. The molecule has 0 saturated heterocycles. The number of phenols is 2. The molecular formula is C14H11N3O5. The Morgan fingerprint density at radius 2 is 1.82 bits per heavy atom. The predicted octanol–water partition coefficient (Wildman–Crippen LogP) is 1.77.